The van der Waals surface area contributed by atoms with Crippen LogP contribution in [0.4, 0.5) is 0 Å². The highest BCUT2D eigenvalue weighted by Gasteiger charge is 2.25. The van der Waals surface area contributed by atoms with Crippen molar-refractivity contribution in [2.45, 2.75) is 65.1 Å². The molecule has 2 fully saturated rings. The van der Waals surface area contributed by atoms with Gasteiger partial charge >= 0.3 is 0 Å². The van der Waals surface area contributed by atoms with E-state index in [4.69, 9.17) is 4.74 Å². The summed E-state index contributed by atoms with van der Waals surface area (Å²) < 4.78 is 6.14. The molecule has 1 aromatic carbocycles. The molecule has 0 spiro atoms. The number of ether oxygens (including phenoxy) is 1. The summed E-state index contributed by atoms with van der Waals surface area (Å²) >= 11 is 0. The van der Waals surface area contributed by atoms with Gasteiger partial charge in [-0.2, -0.15) is 0 Å². The van der Waals surface area contributed by atoms with Gasteiger partial charge in [-0.15, -0.1) is 0 Å². The Bertz CT molecular complexity index is 621. The van der Waals surface area contributed by atoms with Crippen molar-refractivity contribution in [3.05, 3.63) is 29.8 Å². The van der Waals surface area contributed by atoms with E-state index in [1.165, 1.54) is 0 Å². The second kappa shape index (κ2) is 9.75. The van der Waals surface area contributed by atoms with Gasteiger partial charge < -0.3 is 19.9 Å². The zero-order chi connectivity index (χ0) is 20.1. The number of likely N-dealkylation sites (tertiary alicyclic amines) is 2. The van der Waals surface area contributed by atoms with E-state index in [1.54, 1.807) is 0 Å². The Kier molecular flexibility index (Phi) is 7.36. The largest absolute Gasteiger partial charge is 0.490 e. The second-order valence-corrected chi connectivity index (χ2v) is 9.08. The minimum Gasteiger partial charge on any atom is -0.490 e. The molecule has 2 heterocycles. The monoisotopic (exact) mass is 387 g/mol. The molecule has 5 heteroatoms. The highest BCUT2D eigenvalue weighted by Crippen LogP contribution is 2.21. The van der Waals surface area contributed by atoms with Gasteiger partial charge in [0.25, 0.3) is 5.91 Å². The van der Waals surface area contributed by atoms with Crippen LogP contribution >= 0.6 is 0 Å². The van der Waals surface area contributed by atoms with Gasteiger partial charge in [-0.05, 0) is 63.3 Å². The quantitative estimate of drug-likeness (QED) is 0.779. The third-order valence-electron chi connectivity index (χ3n) is 5.86. The van der Waals surface area contributed by atoms with E-state index in [1.807, 2.05) is 24.3 Å². The lowest BCUT2D eigenvalue weighted by atomic mass is 10.1. The molecule has 0 radical (unpaired) electrons. The molecule has 5 nitrogen and oxygen atoms in total. The predicted molar refractivity (Wildman–Crippen MR) is 114 cm³/mol. The van der Waals surface area contributed by atoms with E-state index in [0.717, 1.165) is 57.7 Å². The Balaban J connectivity index is 1.44. The van der Waals surface area contributed by atoms with Crippen LogP contribution in [0.25, 0.3) is 0 Å². The van der Waals surface area contributed by atoms with Gasteiger partial charge in [-0.1, -0.05) is 13.8 Å². The van der Waals surface area contributed by atoms with Gasteiger partial charge in [0.1, 0.15) is 11.9 Å². The standard InChI is InChI=1S/C23H37N3O2/c1-17(2)15-25-12-9-20(16-25)24-23(27)19-5-7-21(8-6-19)28-22-10-13-26(14-11-22)18(3)4/h5-8,17-18,20,22H,9-16H2,1-4H3,(H,24,27). The highest BCUT2D eigenvalue weighted by atomic mass is 16.5. The third kappa shape index (κ3) is 5.95. The van der Waals surface area contributed by atoms with Crippen LogP contribution in [-0.4, -0.2) is 66.6 Å². The van der Waals surface area contributed by atoms with Gasteiger partial charge in [0.05, 0.1) is 0 Å². The zero-order valence-corrected chi connectivity index (χ0v) is 18.0. The average Bonchev–Trinajstić information content (AvgIpc) is 3.08. The molecular formula is C23H37N3O2. The van der Waals surface area contributed by atoms with Gasteiger partial charge in [0.2, 0.25) is 0 Å². The van der Waals surface area contributed by atoms with Crippen LogP contribution in [0.5, 0.6) is 5.75 Å². The molecule has 28 heavy (non-hydrogen) atoms. The number of carbonyl (C=O) groups excluding carboxylic acids is 1. The SMILES string of the molecule is CC(C)CN1CCC(NC(=O)c2ccc(OC3CCN(C(C)C)CC3)cc2)C1. The molecule has 156 valence electrons. The summed E-state index contributed by atoms with van der Waals surface area (Å²) in [6.45, 7) is 14.3. The van der Waals surface area contributed by atoms with E-state index in [-0.39, 0.29) is 18.1 Å². The molecule has 1 unspecified atom stereocenters. The van der Waals surface area contributed by atoms with E-state index in [9.17, 15) is 4.79 Å². The van der Waals surface area contributed by atoms with Crippen LogP contribution < -0.4 is 10.1 Å². The van der Waals surface area contributed by atoms with E-state index in [2.05, 4.69) is 42.8 Å². The first kappa shape index (κ1) is 21.1. The number of nitrogens with zero attached hydrogens (tertiary/aromatic N) is 2. The van der Waals surface area contributed by atoms with Crippen LogP contribution in [0.15, 0.2) is 24.3 Å². The summed E-state index contributed by atoms with van der Waals surface area (Å²) in [4.78, 5) is 17.5. The lowest BCUT2D eigenvalue weighted by Crippen LogP contribution is -2.41. The number of amides is 1. The molecule has 2 aliphatic heterocycles. The minimum atomic E-state index is 0.0215. The lowest BCUT2D eigenvalue weighted by molar-refractivity contribution is 0.0843. The molecule has 0 bridgehead atoms. The number of piperidine rings is 1. The molecule has 1 atom stereocenters. The van der Waals surface area contributed by atoms with E-state index >= 15 is 0 Å². The molecule has 2 aliphatic rings. The van der Waals surface area contributed by atoms with Crippen LogP contribution in [-0.2, 0) is 0 Å². The first-order valence-electron chi connectivity index (χ1n) is 10.9. The second-order valence-electron chi connectivity index (χ2n) is 9.08. The maximum absolute atomic E-state index is 12.6. The molecule has 1 amide bonds. The topological polar surface area (TPSA) is 44.8 Å². The molecule has 1 aromatic rings. The lowest BCUT2D eigenvalue weighted by Gasteiger charge is -2.34. The van der Waals surface area contributed by atoms with Gasteiger partial charge in [0.15, 0.2) is 0 Å². The molecule has 3 rings (SSSR count). The third-order valence-corrected chi connectivity index (χ3v) is 5.86. The fraction of sp³-hybridized carbons (Fsp3) is 0.696. The van der Waals surface area contributed by atoms with Crippen molar-refractivity contribution in [2.75, 3.05) is 32.7 Å². The highest BCUT2D eigenvalue weighted by molar-refractivity contribution is 5.94. The number of rotatable bonds is 7. The average molecular weight is 388 g/mol. The Morgan fingerprint density at radius 2 is 1.75 bits per heavy atom. The molecule has 0 saturated carbocycles. The van der Waals surface area contributed by atoms with Crippen LogP contribution in [0.3, 0.4) is 0 Å². The number of hydrogen-bond acceptors (Lipinski definition) is 4. The van der Waals surface area contributed by atoms with Crippen molar-refractivity contribution in [2.24, 2.45) is 5.92 Å². The van der Waals surface area contributed by atoms with Gasteiger partial charge in [-0.25, -0.2) is 0 Å². The number of benzene rings is 1. The Morgan fingerprint density at radius 1 is 1.07 bits per heavy atom. The van der Waals surface area contributed by atoms with Crippen molar-refractivity contribution in [3.8, 4) is 5.75 Å². The maximum Gasteiger partial charge on any atom is 0.251 e. The van der Waals surface area contributed by atoms with Crippen molar-refractivity contribution < 1.29 is 9.53 Å². The molecule has 0 aromatic heterocycles. The summed E-state index contributed by atoms with van der Waals surface area (Å²) in [7, 11) is 0. The molecule has 2 saturated heterocycles. The maximum atomic E-state index is 12.6. The van der Waals surface area contributed by atoms with Crippen LogP contribution in [0.1, 0.15) is 57.3 Å². The smallest absolute Gasteiger partial charge is 0.251 e. The molecule has 0 aliphatic carbocycles. The van der Waals surface area contributed by atoms with Crippen LogP contribution in [0, 0.1) is 5.92 Å². The fourth-order valence-corrected chi connectivity index (χ4v) is 4.29. The number of carbonyl (C=O) groups is 1. The van der Waals surface area contributed by atoms with E-state index < -0.39 is 0 Å². The summed E-state index contributed by atoms with van der Waals surface area (Å²) in [6.07, 6.45) is 3.44. The number of nitrogens with one attached hydrogen (secondary N) is 1. The predicted octanol–water partition coefficient (Wildman–Crippen LogP) is 3.40. The van der Waals surface area contributed by atoms with Crippen molar-refractivity contribution >= 4 is 5.91 Å². The number of hydrogen-bond donors (Lipinski definition) is 1. The fourth-order valence-electron chi connectivity index (χ4n) is 4.29. The Hall–Kier alpha value is -1.59. The van der Waals surface area contributed by atoms with Gasteiger partial charge in [-0.3, -0.25) is 4.79 Å². The van der Waals surface area contributed by atoms with Gasteiger partial charge in [0, 0.05) is 50.4 Å². The Morgan fingerprint density at radius 3 is 2.36 bits per heavy atom. The summed E-state index contributed by atoms with van der Waals surface area (Å²) in [5.74, 6) is 1.55. The van der Waals surface area contributed by atoms with Crippen molar-refractivity contribution in [3.63, 3.8) is 0 Å². The minimum absolute atomic E-state index is 0.0215. The van der Waals surface area contributed by atoms with Crippen LogP contribution in [0.2, 0.25) is 0 Å². The first-order valence-corrected chi connectivity index (χ1v) is 10.9. The van der Waals surface area contributed by atoms with Crippen molar-refractivity contribution in [1.29, 1.82) is 0 Å². The normalized spacial score (nSPS) is 22.1. The molecular weight excluding hydrogens is 350 g/mol. The summed E-state index contributed by atoms with van der Waals surface area (Å²) in [5.41, 5.74) is 0.712. The first-order chi connectivity index (χ1) is 13.4. The van der Waals surface area contributed by atoms with Crippen molar-refractivity contribution in [1.82, 2.24) is 15.1 Å². The van der Waals surface area contributed by atoms with E-state index in [0.29, 0.717) is 17.5 Å². The summed E-state index contributed by atoms with van der Waals surface area (Å²) in [5, 5.41) is 3.19. The Labute approximate surface area is 170 Å². The molecule has 1 N–H and O–H groups in total. The summed E-state index contributed by atoms with van der Waals surface area (Å²) in [6, 6.07) is 8.50. The zero-order valence-electron chi connectivity index (χ0n) is 18.0.